The van der Waals surface area contributed by atoms with Gasteiger partial charge in [-0.1, -0.05) is 48.5 Å². The Labute approximate surface area is 316 Å². The van der Waals surface area contributed by atoms with Crippen molar-refractivity contribution in [3.05, 3.63) is 144 Å². The number of nitrogens with zero attached hydrogens (tertiary/aromatic N) is 2. The molecule has 5 heterocycles. The van der Waals surface area contributed by atoms with Gasteiger partial charge in [-0.05, 0) is 119 Å². The average molecular weight is 744 g/mol. The first-order valence-corrected chi connectivity index (χ1v) is 16.7. The van der Waals surface area contributed by atoms with E-state index in [9.17, 15) is 20.4 Å². The third-order valence-corrected chi connectivity index (χ3v) is 9.38. The molecule has 0 aliphatic carbocycles. The van der Waals surface area contributed by atoms with E-state index in [0.29, 0.717) is 0 Å². The molecule has 0 radical (unpaired) electrons. The van der Waals surface area contributed by atoms with Crippen LogP contribution in [0.25, 0.3) is 90.9 Å². The van der Waals surface area contributed by atoms with Crippen LogP contribution >= 0.6 is 0 Å². The van der Waals surface area contributed by atoms with Gasteiger partial charge in [0.1, 0.15) is 23.0 Å². The summed E-state index contributed by atoms with van der Waals surface area (Å²) in [5, 5.41) is 40.7. The second-order valence-electron chi connectivity index (χ2n) is 12.7. The first-order chi connectivity index (χ1) is 25.4. The van der Waals surface area contributed by atoms with Crippen LogP contribution < -0.4 is 0 Å². The molecule has 8 bridgehead atoms. The van der Waals surface area contributed by atoms with Gasteiger partial charge in [-0.3, -0.25) is 0 Å². The number of phenolic OH excluding ortho intramolecular Hbond substituents is 4. The van der Waals surface area contributed by atoms with Gasteiger partial charge in [0.25, 0.3) is 0 Å². The van der Waals surface area contributed by atoms with Crippen molar-refractivity contribution in [1.82, 2.24) is 19.9 Å². The van der Waals surface area contributed by atoms with E-state index < -0.39 is 0 Å². The van der Waals surface area contributed by atoms with E-state index in [-0.39, 0.29) is 42.5 Å². The van der Waals surface area contributed by atoms with Gasteiger partial charge in [-0.2, -0.15) is 0 Å². The summed E-state index contributed by atoms with van der Waals surface area (Å²) in [7, 11) is 0. The number of nitrogens with one attached hydrogen (secondary N) is 2. The Hall–Kier alpha value is -6.70. The Morgan fingerprint density at radius 1 is 0.302 bits per heavy atom. The maximum atomic E-state index is 10.2. The zero-order chi connectivity index (χ0) is 35.3. The topological polar surface area (TPSA) is 138 Å². The summed E-state index contributed by atoms with van der Waals surface area (Å²) in [4.78, 5) is 17.8. The minimum Gasteiger partial charge on any atom is -0.508 e. The van der Waals surface area contributed by atoms with E-state index in [1.54, 1.807) is 48.5 Å². The van der Waals surface area contributed by atoms with E-state index >= 15 is 0 Å². The summed E-state index contributed by atoms with van der Waals surface area (Å²) in [5.41, 5.74) is 12.9. The Kier molecular flexibility index (Phi) is 8.49. The molecular weight excluding hydrogens is 714 g/mol. The SMILES string of the molecule is Oc1ccc(-c2c3nc(c(-c4ccc(O)cc4)c4ccc([nH]4)c(-c4ccc(O)cc4)c4nc(c(-c5ccc(O)cc5)c5ccc2[nH]5)C=C4)C=C3)cc1.[Zn+2]. The molecule has 8 nitrogen and oxygen atoms in total. The molecule has 2 aliphatic heterocycles. The Morgan fingerprint density at radius 3 is 0.717 bits per heavy atom. The van der Waals surface area contributed by atoms with Crippen LogP contribution in [0, 0.1) is 0 Å². The van der Waals surface area contributed by atoms with Crippen molar-refractivity contribution in [2.45, 2.75) is 0 Å². The maximum absolute atomic E-state index is 10.2. The van der Waals surface area contributed by atoms with E-state index in [4.69, 9.17) is 9.97 Å². The molecule has 0 saturated heterocycles. The second-order valence-corrected chi connectivity index (χ2v) is 12.7. The minimum absolute atomic E-state index is 0. The van der Waals surface area contributed by atoms with Crippen LogP contribution in [-0.2, 0) is 19.5 Å². The number of fused-ring (bicyclic) bond motifs is 8. The third kappa shape index (κ3) is 6.17. The van der Waals surface area contributed by atoms with Gasteiger partial charge in [-0.15, -0.1) is 0 Å². The number of rotatable bonds is 4. The number of hydrogen-bond donors (Lipinski definition) is 6. The number of aromatic amines is 2. The molecule has 6 N–H and O–H groups in total. The molecule has 3 aromatic heterocycles. The molecular formula is C44H30N4O4Zn+2. The van der Waals surface area contributed by atoms with Gasteiger partial charge in [0, 0.05) is 44.3 Å². The van der Waals surface area contributed by atoms with Gasteiger partial charge < -0.3 is 30.4 Å². The summed E-state index contributed by atoms with van der Waals surface area (Å²) < 4.78 is 0. The van der Waals surface area contributed by atoms with Crippen molar-refractivity contribution in [3.8, 4) is 67.5 Å². The summed E-state index contributed by atoms with van der Waals surface area (Å²) in [6.45, 7) is 0. The Balaban J connectivity index is 0.00000400. The zero-order valence-electron chi connectivity index (χ0n) is 28.2. The van der Waals surface area contributed by atoms with Gasteiger partial charge in [0.2, 0.25) is 0 Å². The number of benzene rings is 4. The fraction of sp³-hybridized carbons (Fsp3) is 0. The number of phenols is 4. The third-order valence-electron chi connectivity index (χ3n) is 9.38. The summed E-state index contributed by atoms with van der Waals surface area (Å²) in [6, 6.07) is 36.3. The number of H-pyrrole nitrogens is 2. The van der Waals surface area contributed by atoms with Crippen molar-refractivity contribution >= 4 is 46.4 Å². The predicted octanol–water partition coefficient (Wildman–Crippen LogP) is 10.1. The summed E-state index contributed by atoms with van der Waals surface area (Å²) >= 11 is 0. The van der Waals surface area contributed by atoms with Crippen molar-refractivity contribution in [2.24, 2.45) is 0 Å². The molecule has 9 heteroatoms. The van der Waals surface area contributed by atoms with Crippen molar-refractivity contribution < 1.29 is 39.9 Å². The molecule has 4 aromatic carbocycles. The van der Waals surface area contributed by atoms with Crippen LogP contribution in [-0.4, -0.2) is 40.4 Å². The van der Waals surface area contributed by atoms with E-state index in [0.717, 1.165) is 89.4 Å². The molecule has 53 heavy (non-hydrogen) atoms. The van der Waals surface area contributed by atoms with Crippen LogP contribution in [0.4, 0.5) is 0 Å². The molecule has 0 amide bonds. The quantitative estimate of drug-likeness (QED) is 0.0993. The Morgan fingerprint density at radius 2 is 0.509 bits per heavy atom. The molecule has 250 valence electrons. The predicted molar refractivity (Wildman–Crippen MR) is 207 cm³/mol. The molecule has 0 unspecified atom stereocenters. The van der Waals surface area contributed by atoms with E-state index in [1.807, 2.05) is 97.1 Å². The smallest absolute Gasteiger partial charge is 0.508 e. The first-order valence-electron chi connectivity index (χ1n) is 16.7. The van der Waals surface area contributed by atoms with Crippen LogP contribution in [0.5, 0.6) is 23.0 Å². The van der Waals surface area contributed by atoms with Crippen molar-refractivity contribution in [1.29, 1.82) is 0 Å². The van der Waals surface area contributed by atoms with Crippen LogP contribution in [0.1, 0.15) is 22.8 Å². The van der Waals surface area contributed by atoms with Gasteiger partial charge >= 0.3 is 19.5 Å². The van der Waals surface area contributed by atoms with Crippen LogP contribution in [0.3, 0.4) is 0 Å². The van der Waals surface area contributed by atoms with Gasteiger partial charge in [0.05, 0.1) is 22.8 Å². The molecule has 9 rings (SSSR count). The largest absolute Gasteiger partial charge is 2.00 e. The van der Waals surface area contributed by atoms with Crippen LogP contribution in [0.15, 0.2) is 121 Å². The average Bonchev–Trinajstić information content (AvgIpc) is 3.99. The van der Waals surface area contributed by atoms with Gasteiger partial charge in [-0.25, -0.2) is 9.97 Å². The standard InChI is InChI=1S/C44H30N4O4.Zn/c49-29-9-1-25(2-10-29)41-33-17-19-35(45-33)42(26-3-11-30(50)12-4-26)37-21-23-39(47-37)44(28-7-15-32(52)16-8-28)40-24-22-38(48-40)43(36-20-18-34(41)46-36)27-5-13-31(51)14-6-27;/h1-24,45,48-52H;/q;+2. The monoisotopic (exact) mass is 742 g/mol. The molecule has 0 spiro atoms. The molecule has 7 aromatic rings. The number of aromatic hydroxyl groups is 4. The molecule has 0 fully saturated rings. The maximum Gasteiger partial charge on any atom is 2.00 e. The Bertz CT molecular complexity index is 2370. The second kappa shape index (κ2) is 13.5. The summed E-state index contributed by atoms with van der Waals surface area (Å²) in [5.74, 6) is 0.651. The minimum atomic E-state index is 0. The molecule has 0 atom stereocenters. The fourth-order valence-corrected chi connectivity index (χ4v) is 6.93. The molecule has 0 saturated carbocycles. The normalized spacial score (nSPS) is 11.8. The number of hydrogen-bond acceptors (Lipinski definition) is 6. The zero-order valence-corrected chi connectivity index (χ0v) is 31.2. The van der Waals surface area contributed by atoms with Gasteiger partial charge in [0.15, 0.2) is 0 Å². The van der Waals surface area contributed by atoms with E-state index in [2.05, 4.69) is 9.97 Å². The first kappa shape index (κ1) is 33.4. The van der Waals surface area contributed by atoms with Crippen molar-refractivity contribution in [3.63, 3.8) is 0 Å². The fourth-order valence-electron chi connectivity index (χ4n) is 6.93. The summed E-state index contributed by atoms with van der Waals surface area (Å²) in [6.07, 6.45) is 7.96. The van der Waals surface area contributed by atoms with E-state index in [1.165, 1.54) is 0 Å². The number of aromatic nitrogens is 4. The molecule has 2 aliphatic rings. The van der Waals surface area contributed by atoms with Crippen LogP contribution in [0.2, 0.25) is 0 Å². The van der Waals surface area contributed by atoms with Crippen molar-refractivity contribution in [2.75, 3.05) is 0 Å².